The van der Waals surface area contributed by atoms with Crippen LogP contribution in [0.25, 0.3) is 0 Å². The Hall–Kier alpha value is -0.750. The van der Waals surface area contributed by atoms with Crippen molar-refractivity contribution in [3.63, 3.8) is 0 Å². The van der Waals surface area contributed by atoms with Gasteiger partial charge in [-0.2, -0.15) is 13.2 Å². The van der Waals surface area contributed by atoms with E-state index < -0.39 is 11.7 Å². The van der Waals surface area contributed by atoms with E-state index in [1.807, 2.05) is 0 Å². The number of nitrogens with zero attached hydrogens (tertiary/aromatic N) is 1. The second-order valence-electron chi connectivity index (χ2n) is 4.74. The molecule has 0 radical (unpaired) electrons. The monoisotopic (exact) mass is 336 g/mol. The summed E-state index contributed by atoms with van der Waals surface area (Å²) in [5, 5.41) is 0. The number of halogens is 4. The van der Waals surface area contributed by atoms with Gasteiger partial charge >= 0.3 is 6.18 Å². The molecule has 1 heterocycles. The standard InChI is InChI=1S/C13H16BrF3N2/c14-9-4-5-11(13(15,16)17)12(7-9)19-6-2-1-3-10(19)8-18/h4-5,7,10H,1-3,6,8,18H2. The highest BCUT2D eigenvalue weighted by molar-refractivity contribution is 9.10. The molecular weight excluding hydrogens is 321 g/mol. The Kier molecular flexibility index (Phi) is 4.40. The van der Waals surface area contributed by atoms with Gasteiger partial charge in [0.2, 0.25) is 0 Å². The van der Waals surface area contributed by atoms with Gasteiger partial charge in [0.15, 0.2) is 0 Å². The van der Waals surface area contributed by atoms with Crippen molar-refractivity contribution < 1.29 is 13.2 Å². The number of anilines is 1. The minimum atomic E-state index is -4.34. The Morgan fingerprint density at radius 1 is 1.32 bits per heavy atom. The maximum Gasteiger partial charge on any atom is 0.418 e. The van der Waals surface area contributed by atoms with Crippen LogP contribution in [0.4, 0.5) is 18.9 Å². The molecule has 1 aromatic rings. The first-order valence-electron chi connectivity index (χ1n) is 6.27. The van der Waals surface area contributed by atoms with E-state index in [9.17, 15) is 13.2 Å². The molecule has 1 unspecified atom stereocenters. The third-order valence-corrected chi connectivity index (χ3v) is 3.97. The lowest BCUT2D eigenvalue weighted by Gasteiger charge is -2.38. The van der Waals surface area contributed by atoms with Crippen LogP contribution >= 0.6 is 15.9 Å². The summed E-state index contributed by atoms with van der Waals surface area (Å²) < 4.78 is 39.9. The molecule has 0 aromatic heterocycles. The molecule has 0 saturated carbocycles. The molecule has 1 aliphatic heterocycles. The fraction of sp³-hybridized carbons (Fsp3) is 0.538. The zero-order chi connectivity index (χ0) is 14.0. The molecule has 1 aromatic carbocycles. The van der Waals surface area contributed by atoms with Gasteiger partial charge in [0.05, 0.1) is 11.3 Å². The lowest BCUT2D eigenvalue weighted by atomic mass is 9.99. The summed E-state index contributed by atoms with van der Waals surface area (Å²) in [6.07, 6.45) is -1.57. The van der Waals surface area contributed by atoms with E-state index in [0.717, 1.165) is 25.3 Å². The maximum absolute atomic E-state index is 13.1. The summed E-state index contributed by atoms with van der Waals surface area (Å²) in [6, 6.07) is 4.08. The van der Waals surface area contributed by atoms with Crippen LogP contribution in [0.15, 0.2) is 22.7 Å². The molecule has 1 saturated heterocycles. The van der Waals surface area contributed by atoms with Gasteiger partial charge in [-0.1, -0.05) is 15.9 Å². The lowest BCUT2D eigenvalue weighted by Crippen LogP contribution is -2.45. The van der Waals surface area contributed by atoms with Crippen molar-refractivity contribution in [2.45, 2.75) is 31.5 Å². The predicted octanol–water partition coefficient (Wildman–Crippen LogP) is 3.79. The van der Waals surface area contributed by atoms with Crippen molar-refractivity contribution in [1.29, 1.82) is 0 Å². The smallest absolute Gasteiger partial charge is 0.367 e. The molecule has 19 heavy (non-hydrogen) atoms. The quantitative estimate of drug-likeness (QED) is 0.890. The zero-order valence-corrected chi connectivity index (χ0v) is 12.0. The fourth-order valence-corrected chi connectivity index (χ4v) is 2.89. The Labute approximate surface area is 118 Å². The first-order valence-corrected chi connectivity index (χ1v) is 7.06. The van der Waals surface area contributed by atoms with Crippen LogP contribution in [0.3, 0.4) is 0 Å². The van der Waals surface area contributed by atoms with Crippen molar-refractivity contribution in [2.75, 3.05) is 18.0 Å². The van der Waals surface area contributed by atoms with Crippen molar-refractivity contribution in [3.05, 3.63) is 28.2 Å². The molecule has 106 valence electrons. The number of nitrogens with two attached hydrogens (primary N) is 1. The van der Waals surface area contributed by atoms with Crippen LogP contribution in [0.1, 0.15) is 24.8 Å². The first kappa shape index (κ1) is 14.7. The van der Waals surface area contributed by atoms with Gasteiger partial charge in [0, 0.05) is 23.6 Å². The second kappa shape index (κ2) is 5.71. The number of benzene rings is 1. The average Bonchev–Trinajstić information content (AvgIpc) is 2.37. The van der Waals surface area contributed by atoms with Gasteiger partial charge in [-0.05, 0) is 37.5 Å². The predicted molar refractivity (Wildman–Crippen MR) is 73.2 cm³/mol. The van der Waals surface area contributed by atoms with Gasteiger partial charge in [-0.15, -0.1) is 0 Å². The highest BCUT2D eigenvalue weighted by Gasteiger charge is 2.36. The van der Waals surface area contributed by atoms with Crippen LogP contribution in [0.2, 0.25) is 0 Å². The van der Waals surface area contributed by atoms with Crippen LogP contribution in [-0.2, 0) is 6.18 Å². The first-order chi connectivity index (χ1) is 8.93. The molecule has 0 aliphatic carbocycles. The third kappa shape index (κ3) is 3.23. The van der Waals surface area contributed by atoms with E-state index in [1.54, 1.807) is 4.90 Å². The maximum atomic E-state index is 13.1. The number of alkyl halides is 3. The number of hydrogen-bond acceptors (Lipinski definition) is 2. The van der Waals surface area contributed by atoms with E-state index in [-0.39, 0.29) is 11.7 Å². The van der Waals surface area contributed by atoms with E-state index in [1.165, 1.54) is 12.1 Å². The Bertz CT molecular complexity index is 448. The molecule has 2 rings (SSSR count). The van der Waals surface area contributed by atoms with Crippen LogP contribution in [-0.4, -0.2) is 19.1 Å². The minimum absolute atomic E-state index is 0.0100. The van der Waals surface area contributed by atoms with E-state index in [2.05, 4.69) is 15.9 Å². The largest absolute Gasteiger partial charge is 0.418 e. The van der Waals surface area contributed by atoms with E-state index in [4.69, 9.17) is 5.73 Å². The normalized spacial score (nSPS) is 20.7. The lowest BCUT2D eigenvalue weighted by molar-refractivity contribution is -0.137. The van der Waals surface area contributed by atoms with Crippen molar-refractivity contribution >= 4 is 21.6 Å². The van der Waals surface area contributed by atoms with Gasteiger partial charge in [-0.25, -0.2) is 0 Å². The SMILES string of the molecule is NCC1CCCCN1c1cc(Br)ccc1C(F)(F)F. The van der Waals surface area contributed by atoms with E-state index >= 15 is 0 Å². The fourth-order valence-electron chi connectivity index (χ4n) is 2.54. The molecule has 1 aliphatic rings. The molecule has 2 nitrogen and oxygen atoms in total. The Morgan fingerprint density at radius 2 is 2.05 bits per heavy atom. The summed E-state index contributed by atoms with van der Waals surface area (Å²) in [5.41, 5.74) is 5.34. The minimum Gasteiger partial charge on any atom is -0.367 e. The van der Waals surface area contributed by atoms with Crippen LogP contribution in [0.5, 0.6) is 0 Å². The molecule has 0 amide bonds. The summed E-state index contributed by atoms with van der Waals surface area (Å²) in [7, 11) is 0. The van der Waals surface area contributed by atoms with Crippen molar-refractivity contribution in [1.82, 2.24) is 0 Å². The van der Waals surface area contributed by atoms with Gasteiger partial charge in [0.1, 0.15) is 0 Å². The number of hydrogen-bond donors (Lipinski definition) is 1. The highest BCUT2D eigenvalue weighted by atomic mass is 79.9. The summed E-state index contributed by atoms with van der Waals surface area (Å²) >= 11 is 3.25. The van der Waals surface area contributed by atoms with Crippen molar-refractivity contribution in [2.24, 2.45) is 5.73 Å². The van der Waals surface area contributed by atoms with E-state index in [0.29, 0.717) is 17.6 Å². The van der Waals surface area contributed by atoms with Gasteiger partial charge in [-0.3, -0.25) is 0 Å². The van der Waals surface area contributed by atoms with Gasteiger partial charge < -0.3 is 10.6 Å². The highest BCUT2D eigenvalue weighted by Crippen LogP contribution is 2.39. The summed E-state index contributed by atoms with van der Waals surface area (Å²) in [6.45, 7) is 1.01. The van der Waals surface area contributed by atoms with Crippen molar-refractivity contribution in [3.8, 4) is 0 Å². The number of rotatable bonds is 2. The van der Waals surface area contributed by atoms with Crippen LogP contribution in [0, 0.1) is 0 Å². The molecule has 2 N–H and O–H groups in total. The third-order valence-electron chi connectivity index (χ3n) is 3.47. The molecule has 6 heteroatoms. The molecular formula is C13H16BrF3N2. The second-order valence-corrected chi connectivity index (χ2v) is 5.65. The topological polar surface area (TPSA) is 29.3 Å². The van der Waals surface area contributed by atoms with Gasteiger partial charge in [0.25, 0.3) is 0 Å². The Morgan fingerprint density at radius 3 is 2.68 bits per heavy atom. The molecule has 0 bridgehead atoms. The molecule has 0 spiro atoms. The zero-order valence-electron chi connectivity index (χ0n) is 10.4. The Balaban J connectivity index is 2.44. The molecule has 1 atom stereocenters. The summed E-state index contributed by atoms with van der Waals surface area (Å²) in [5.74, 6) is 0. The number of piperidine rings is 1. The molecule has 1 fully saturated rings. The average molecular weight is 337 g/mol. The van der Waals surface area contributed by atoms with Crippen LogP contribution < -0.4 is 10.6 Å². The summed E-state index contributed by atoms with van der Waals surface area (Å²) in [4.78, 5) is 1.80.